The zero-order valence-electron chi connectivity index (χ0n) is 12.1. The summed E-state index contributed by atoms with van der Waals surface area (Å²) in [4.78, 5) is 15.3. The highest BCUT2D eigenvalue weighted by Gasteiger charge is 2.32. The third-order valence-electron chi connectivity index (χ3n) is 3.66. The molecule has 3 rings (SSSR count). The van der Waals surface area contributed by atoms with E-state index in [1.54, 1.807) is 17.2 Å². The second kappa shape index (κ2) is 6.02. The number of likely N-dealkylation sites (tertiary alicyclic amines) is 1. The molecule has 1 fully saturated rings. The third kappa shape index (κ3) is 3.09. The van der Waals surface area contributed by atoms with Crippen molar-refractivity contribution in [1.82, 2.24) is 34.9 Å². The molecule has 0 spiro atoms. The monoisotopic (exact) mass is 289 g/mol. The van der Waals surface area contributed by atoms with Crippen molar-refractivity contribution in [3.63, 3.8) is 0 Å². The molecule has 112 valence electrons. The molecule has 2 aromatic heterocycles. The Kier molecular flexibility index (Phi) is 3.94. The van der Waals surface area contributed by atoms with Gasteiger partial charge < -0.3 is 4.90 Å². The smallest absolute Gasteiger partial charge is 0.222 e. The van der Waals surface area contributed by atoms with Crippen LogP contribution in [-0.2, 0) is 11.3 Å². The van der Waals surface area contributed by atoms with Crippen LogP contribution in [0.3, 0.4) is 0 Å². The van der Waals surface area contributed by atoms with Crippen LogP contribution in [0.4, 0.5) is 0 Å². The third-order valence-corrected chi connectivity index (χ3v) is 3.66. The first-order chi connectivity index (χ1) is 10.3. The van der Waals surface area contributed by atoms with Crippen LogP contribution in [0.2, 0.25) is 0 Å². The van der Waals surface area contributed by atoms with E-state index in [4.69, 9.17) is 0 Å². The van der Waals surface area contributed by atoms with Gasteiger partial charge >= 0.3 is 0 Å². The van der Waals surface area contributed by atoms with Gasteiger partial charge in [-0.15, -0.1) is 5.10 Å². The van der Waals surface area contributed by atoms with Crippen LogP contribution >= 0.6 is 0 Å². The lowest BCUT2D eigenvalue weighted by molar-refractivity contribution is -0.137. The normalized spacial score (nSPS) is 15.2. The van der Waals surface area contributed by atoms with Crippen molar-refractivity contribution in [3.05, 3.63) is 24.3 Å². The molecule has 0 unspecified atom stereocenters. The van der Waals surface area contributed by atoms with Crippen molar-refractivity contribution in [1.29, 1.82) is 0 Å². The van der Waals surface area contributed by atoms with E-state index in [0.29, 0.717) is 13.0 Å². The van der Waals surface area contributed by atoms with Crippen LogP contribution in [0.15, 0.2) is 18.6 Å². The maximum atomic E-state index is 11.8. The van der Waals surface area contributed by atoms with Gasteiger partial charge in [-0.05, 0) is 6.42 Å². The largest absolute Gasteiger partial charge is 0.338 e. The minimum absolute atomic E-state index is 0.238. The van der Waals surface area contributed by atoms with E-state index in [2.05, 4.69) is 27.4 Å². The number of hydrogen-bond donors (Lipinski definition) is 0. The van der Waals surface area contributed by atoms with Gasteiger partial charge in [0.05, 0.1) is 24.6 Å². The summed E-state index contributed by atoms with van der Waals surface area (Å²) in [7, 11) is 0. The zero-order chi connectivity index (χ0) is 14.7. The summed E-state index contributed by atoms with van der Waals surface area (Å²) in [6.07, 6.45) is 7.84. The molecule has 1 amide bonds. The van der Waals surface area contributed by atoms with E-state index in [1.165, 1.54) is 0 Å². The molecule has 0 atom stereocenters. The molecule has 8 nitrogen and oxygen atoms in total. The van der Waals surface area contributed by atoms with Gasteiger partial charge in [-0.1, -0.05) is 18.6 Å². The van der Waals surface area contributed by atoms with Gasteiger partial charge in [0, 0.05) is 19.5 Å². The highest BCUT2D eigenvalue weighted by molar-refractivity contribution is 5.77. The number of carbonyl (C=O) groups is 1. The number of aromatic nitrogens is 6. The molecule has 1 aliphatic rings. The number of unbranched alkanes of at least 4 members (excludes halogenated alkanes) is 1. The molecule has 21 heavy (non-hydrogen) atoms. The molecule has 2 aromatic rings. The second-order valence-corrected chi connectivity index (χ2v) is 5.31. The number of nitrogens with zero attached hydrogens (tertiary/aromatic N) is 7. The van der Waals surface area contributed by atoms with Crippen molar-refractivity contribution in [2.45, 2.75) is 38.8 Å². The fraction of sp³-hybridized carbons (Fsp3) is 0.615. The highest BCUT2D eigenvalue weighted by Crippen LogP contribution is 2.21. The predicted octanol–water partition coefficient (Wildman–Crippen LogP) is 0.491. The number of carbonyl (C=O) groups excluding carboxylic acids is 1. The van der Waals surface area contributed by atoms with E-state index in [9.17, 15) is 4.79 Å². The summed E-state index contributed by atoms with van der Waals surface area (Å²) >= 11 is 0. The molecule has 1 saturated heterocycles. The van der Waals surface area contributed by atoms with Crippen LogP contribution < -0.4 is 0 Å². The van der Waals surface area contributed by atoms with Crippen molar-refractivity contribution in [2.75, 3.05) is 13.1 Å². The van der Waals surface area contributed by atoms with Crippen LogP contribution in [0, 0.1) is 0 Å². The molecular weight excluding hydrogens is 270 g/mol. The van der Waals surface area contributed by atoms with Crippen LogP contribution in [-0.4, -0.2) is 53.9 Å². The first-order valence-corrected chi connectivity index (χ1v) is 7.29. The van der Waals surface area contributed by atoms with E-state index >= 15 is 0 Å². The zero-order valence-corrected chi connectivity index (χ0v) is 12.1. The molecule has 0 bridgehead atoms. The van der Waals surface area contributed by atoms with Gasteiger partial charge in [0.1, 0.15) is 12.2 Å². The topological polar surface area (TPSA) is 81.7 Å². The van der Waals surface area contributed by atoms with Crippen LogP contribution in [0.1, 0.15) is 37.9 Å². The Labute approximate surface area is 122 Å². The molecule has 8 heteroatoms. The summed E-state index contributed by atoms with van der Waals surface area (Å²) in [5.41, 5.74) is 0.821. The Morgan fingerprint density at radius 2 is 2.10 bits per heavy atom. The predicted molar refractivity (Wildman–Crippen MR) is 74.3 cm³/mol. The summed E-state index contributed by atoms with van der Waals surface area (Å²) in [6.45, 7) is 4.06. The lowest BCUT2D eigenvalue weighted by Gasteiger charge is -2.38. The maximum Gasteiger partial charge on any atom is 0.222 e. The lowest BCUT2D eigenvalue weighted by Crippen LogP contribution is -2.50. The molecule has 0 radical (unpaired) electrons. The summed E-state index contributed by atoms with van der Waals surface area (Å²) in [6, 6.07) is 0.238. The van der Waals surface area contributed by atoms with Crippen molar-refractivity contribution in [3.8, 4) is 0 Å². The summed E-state index contributed by atoms with van der Waals surface area (Å²) in [5.74, 6) is 0.245. The average molecular weight is 289 g/mol. The van der Waals surface area contributed by atoms with E-state index < -0.39 is 0 Å². The van der Waals surface area contributed by atoms with Crippen molar-refractivity contribution < 1.29 is 4.79 Å². The lowest BCUT2D eigenvalue weighted by atomic mass is 10.1. The number of amides is 1. The Balaban J connectivity index is 1.51. The number of hydrogen-bond acceptors (Lipinski definition) is 5. The fourth-order valence-electron chi connectivity index (χ4n) is 2.35. The van der Waals surface area contributed by atoms with E-state index in [-0.39, 0.29) is 11.9 Å². The number of rotatable bonds is 6. The first kappa shape index (κ1) is 13.7. The minimum Gasteiger partial charge on any atom is -0.338 e. The molecule has 0 N–H and O–H groups in total. The Bertz CT molecular complexity index is 585. The molecular formula is C13H19N7O. The van der Waals surface area contributed by atoms with Crippen LogP contribution in [0.25, 0.3) is 0 Å². The SMILES string of the molecule is CCCCC(=O)N1CC(n2cc(Cn3nccn3)nn2)C1. The Hall–Kier alpha value is -2.25. The first-order valence-electron chi connectivity index (χ1n) is 7.29. The Morgan fingerprint density at radius 3 is 2.81 bits per heavy atom. The quantitative estimate of drug-likeness (QED) is 0.773. The van der Waals surface area contributed by atoms with Gasteiger partial charge in [0.25, 0.3) is 0 Å². The van der Waals surface area contributed by atoms with E-state index in [1.807, 2.05) is 15.8 Å². The summed E-state index contributed by atoms with van der Waals surface area (Å²) < 4.78 is 1.84. The van der Waals surface area contributed by atoms with Gasteiger partial charge in [-0.25, -0.2) is 4.68 Å². The maximum absolute atomic E-state index is 11.8. The fourth-order valence-corrected chi connectivity index (χ4v) is 2.35. The molecule has 3 heterocycles. The molecule has 0 saturated carbocycles. The molecule has 0 aromatic carbocycles. The minimum atomic E-state index is 0.238. The second-order valence-electron chi connectivity index (χ2n) is 5.31. The highest BCUT2D eigenvalue weighted by atomic mass is 16.2. The standard InChI is InChI=1S/C13H19N7O/c1-2-3-4-13(21)18-9-12(10-18)19-7-11(16-17-19)8-20-14-5-6-15-20/h5-7,12H,2-4,8-10H2,1H3. The average Bonchev–Trinajstić information content (AvgIpc) is 3.07. The van der Waals surface area contributed by atoms with E-state index in [0.717, 1.165) is 31.6 Å². The van der Waals surface area contributed by atoms with Gasteiger partial charge in [-0.2, -0.15) is 15.0 Å². The van der Waals surface area contributed by atoms with Gasteiger partial charge in [0.2, 0.25) is 5.91 Å². The van der Waals surface area contributed by atoms with Gasteiger partial charge in [-0.3, -0.25) is 4.79 Å². The summed E-state index contributed by atoms with van der Waals surface area (Å²) in [5, 5.41) is 16.3. The molecule has 0 aliphatic carbocycles. The van der Waals surface area contributed by atoms with Crippen LogP contribution in [0.5, 0.6) is 0 Å². The van der Waals surface area contributed by atoms with Gasteiger partial charge in [0.15, 0.2) is 0 Å². The Morgan fingerprint density at radius 1 is 1.33 bits per heavy atom. The van der Waals surface area contributed by atoms with Crippen molar-refractivity contribution in [2.24, 2.45) is 0 Å². The van der Waals surface area contributed by atoms with Crippen molar-refractivity contribution >= 4 is 5.91 Å². The molecule has 1 aliphatic heterocycles.